The lowest BCUT2D eigenvalue weighted by Crippen LogP contribution is -1.99. The van der Waals surface area contributed by atoms with Gasteiger partial charge in [-0.3, -0.25) is 0 Å². The SMILES string of the molecule is CCc1ccc(NCc2cn3cc(Cl)ccc3n2)cc1. The maximum Gasteiger partial charge on any atom is 0.137 e. The number of imidazole rings is 1. The van der Waals surface area contributed by atoms with Crippen molar-refractivity contribution in [1.29, 1.82) is 0 Å². The molecule has 20 heavy (non-hydrogen) atoms. The van der Waals surface area contributed by atoms with E-state index in [9.17, 15) is 0 Å². The number of fused-ring (bicyclic) bond motifs is 1. The molecule has 102 valence electrons. The largest absolute Gasteiger partial charge is 0.379 e. The lowest BCUT2D eigenvalue weighted by atomic mass is 10.1. The third-order valence-electron chi connectivity index (χ3n) is 3.30. The van der Waals surface area contributed by atoms with Crippen molar-refractivity contribution in [2.24, 2.45) is 0 Å². The number of nitrogens with one attached hydrogen (secondary N) is 1. The fraction of sp³-hybridized carbons (Fsp3) is 0.188. The first-order valence-corrected chi connectivity index (χ1v) is 7.08. The monoisotopic (exact) mass is 285 g/mol. The average Bonchev–Trinajstić information content (AvgIpc) is 2.87. The van der Waals surface area contributed by atoms with Crippen molar-refractivity contribution in [3.63, 3.8) is 0 Å². The molecule has 3 aromatic rings. The normalized spacial score (nSPS) is 10.9. The van der Waals surface area contributed by atoms with Crippen LogP contribution in [0.1, 0.15) is 18.2 Å². The zero-order valence-corrected chi connectivity index (χ0v) is 12.1. The molecular formula is C16H16ClN3. The van der Waals surface area contributed by atoms with Crippen LogP contribution in [0.5, 0.6) is 0 Å². The summed E-state index contributed by atoms with van der Waals surface area (Å²) in [5.41, 5.74) is 4.36. The Kier molecular flexibility index (Phi) is 3.61. The molecule has 0 aliphatic rings. The second-order valence-electron chi connectivity index (χ2n) is 4.75. The number of aromatic nitrogens is 2. The number of nitrogens with zero attached hydrogens (tertiary/aromatic N) is 2. The van der Waals surface area contributed by atoms with Crippen LogP contribution in [0.15, 0.2) is 48.8 Å². The molecule has 4 heteroatoms. The molecule has 0 atom stereocenters. The van der Waals surface area contributed by atoms with Crippen molar-refractivity contribution in [3.8, 4) is 0 Å². The van der Waals surface area contributed by atoms with E-state index in [4.69, 9.17) is 11.6 Å². The first-order chi connectivity index (χ1) is 9.74. The summed E-state index contributed by atoms with van der Waals surface area (Å²) >= 11 is 5.97. The Morgan fingerprint density at radius 2 is 1.90 bits per heavy atom. The lowest BCUT2D eigenvalue weighted by molar-refractivity contribution is 1.07. The fourth-order valence-corrected chi connectivity index (χ4v) is 2.32. The predicted molar refractivity (Wildman–Crippen MR) is 83.3 cm³/mol. The van der Waals surface area contributed by atoms with Crippen LogP contribution in [0.25, 0.3) is 5.65 Å². The van der Waals surface area contributed by atoms with Crippen molar-refractivity contribution in [1.82, 2.24) is 9.38 Å². The van der Waals surface area contributed by atoms with Crippen LogP contribution >= 0.6 is 11.6 Å². The maximum atomic E-state index is 5.97. The Balaban J connectivity index is 1.72. The van der Waals surface area contributed by atoms with Crippen molar-refractivity contribution in [2.45, 2.75) is 19.9 Å². The van der Waals surface area contributed by atoms with E-state index in [1.807, 2.05) is 28.9 Å². The minimum Gasteiger partial charge on any atom is -0.379 e. The van der Waals surface area contributed by atoms with Gasteiger partial charge in [0.15, 0.2) is 0 Å². The Hall–Kier alpha value is -2.00. The number of halogens is 1. The van der Waals surface area contributed by atoms with E-state index in [1.165, 1.54) is 5.56 Å². The van der Waals surface area contributed by atoms with Crippen LogP contribution in [0.4, 0.5) is 5.69 Å². The van der Waals surface area contributed by atoms with Gasteiger partial charge in [-0.05, 0) is 36.2 Å². The van der Waals surface area contributed by atoms with Gasteiger partial charge in [-0.2, -0.15) is 0 Å². The van der Waals surface area contributed by atoms with Crippen molar-refractivity contribution >= 4 is 22.9 Å². The molecule has 0 saturated heterocycles. The van der Waals surface area contributed by atoms with Gasteiger partial charge in [-0.15, -0.1) is 0 Å². The summed E-state index contributed by atoms with van der Waals surface area (Å²) < 4.78 is 1.94. The second-order valence-corrected chi connectivity index (χ2v) is 5.19. The Bertz CT molecular complexity index is 716. The van der Waals surface area contributed by atoms with Crippen LogP contribution < -0.4 is 5.32 Å². The highest BCUT2D eigenvalue weighted by molar-refractivity contribution is 6.30. The molecule has 0 unspecified atom stereocenters. The Morgan fingerprint density at radius 1 is 1.10 bits per heavy atom. The van der Waals surface area contributed by atoms with Crippen LogP contribution in [0.2, 0.25) is 5.02 Å². The molecule has 2 heterocycles. The summed E-state index contributed by atoms with van der Waals surface area (Å²) in [4.78, 5) is 4.54. The van der Waals surface area contributed by atoms with Crippen LogP contribution in [-0.4, -0.2) is 9.38 Å². The molecule has 3 rings (SSSR count). The number of rotatable bonds is 4. The third-order valence-corrected chi connectivity index (χ3v) is 3.52. The molecule has 0 spiro atoms. The molecule has 1 N–H and O–H groups in total. The number of pyridine rings is 1. The molecule has 0 radical (unpaired) electrons. The quantitative estimate of drug-likeness (QED) is 0.780. The van der Waals surface area contributed by atoms with E-state index < -0.39 is 0 Å². The standard InChI is InChI=1S/C16H16ClN3/c1-2-12-3-6-14(7-4-12)18-9-15-11-20-10-13(17)5-8-16(20)19-15/h3-8,10-11,18H,2,9H2,1H3. The minimum atomic E-state index is 0.699. The van der Waals surface area contributed by atoms with Gasteiger partial charge in [0.1, 0.15) is 5.65 Å². The first-order valence-electron chi connectivity index (χ1n) is 6.70. The number of hydrogen-bond acceptors (Lipinski definition) is 2. The average molecular weight is 286 g/mol. The number of anilines is 1. The molecule has 2 aromatic heterocycles. The van der Waals surface area contributed by atoms with Gasteiger partial charge in [0, 0.05) is 18.1 Å². The molecule has 0 aliphatic carbocycles. The number of aryl methyl sites for hydroxylation is 1. The summed E-state index contributed by atoms with van der Waals surface area (Å²) in [5.74, 6) is 0. The number of hydrogen-bond donors (Lipinski definition) is 1. The van der Waals surface area contributed by atoms with E-state index in [2.05, 4.69) is 41.5 Å². The van der Waals surface area contributed by atoms with Crippen molar-refractivity contribution in [2.75, 3.05) is 5.32 Å². The van der Waals surface area contributed by atoms with Crippen LogP contribution in [-0.2, 0) is 13.0 Å². The topological polar surface area (TPSA) is 29.3 Å². The summed E-state index contributed by atoms with van der Waals surface area (Å²) in [5, 5.41) is 4.09. The van der Waals surface area contributed by atoms with E-state index in [-0.39, 0.29) is 0 Å². The van der Waals surface area contributed by atoms with E-state index >= 15 is 0 Å². The Labute approximate surface area is 123 Å². The predicted octanol–water partition coefficient (Wildman–Crippen LogP) is 4.16. The van der Waals surface area contributed by atoms with E-state index in [1.54, 1.807) is 0 Å². The molecule has 1 aromatic carbocycles. The van der Waals surface area contributed by atoms with Crippen LogP contribution in [0, 0.1) is 0 Å². The summed E-state index contributed by atoms with van der Waals surface area (Å²) in [6.45, 7) is 2.86. The van der Waals surface area contributed by atoms with Crippen molar-refractivity contribution < 1.29 is 0 Å². The first kappa shape index (κ1) is 13.0. The highest BCUT2D eigenvalue weighted by atomic mass is 35.5. The van der Waals surface area contributed by atoms with E-state index in [0.717, 1.165) is 23.4 Å². The smallest absolute Gasteiger partial charge is 0.137 e. The van der Waals surface area contributed by atoms with Gasteiger partial charge in [0.25, 0.3) is 0 Å². The lowest BCUT2D eigenvalue weighted by Gasteiger charge is -2.04. The summed E-state index contributed by atoms with van der Waals surface area (Å²) in [6.07, 6.45) is 4.92. The minimum absolute atomic E-state index is 0.699. The zero-order chi connectivity index (χ0) is 13.9. The van der Waals surface area contributed by atoms with Crippen LogP contribution in [0.3, 0.4) is 0 Å². The highest BCUT2D eigenvalue weighted by Crippen LogP contribution is 2.14. The third kappa shape index (κ3) is 2.78. The maximum absolute atomic E-state index is 5.97. The molecule has 0 amide bonds. The second kappa shape index (κ2) is 5.55. The fourth-order valence-electron chi connectivity index (χ4n) is 2.15. The van der Waals surface area contributed by atoms with E-state index in [0.29, 0.717) is 11.6 Å². The summed E-state index contributed by atoms with van der Waals surface area (Å²) in [6, 6.07) is 12.3. The zero-order valence-electron chi connectivity index (χ0n) is 11.3. The number of benzene rings is 1. The molecule has 0 bridgehead atoms. The molecule has 0 aliphatic heterocycles. The van der Waals surface area contributed by atoms with Gasteiger partial charge in [-0.25, -0.2) is 4.98 Å². The molecule has 0 fully saturated rings. The summed E-state index contributed by atoms with van der Waals surface area (Å²) in [7, 11) is 0. The van der Waals surface area contributed by atoms with Gasteiger partial charge in [0.05, 0.1) is 17.3 Å². The molecule has 0 saturated carbocycles. The van der Waals surface area contributed by atoms with Gasteiger partial charge in [-0.1, -0.05) is 30.7 Å². The van der Waals surface area contributed by atoms with Gasteiger partial charge in [0.2, 0.25) is 0 Å². The molecular weight excluding hydrogens is 270 g/mol. The Morgan fingerprint density at radius 3 is 2.65 bits per heavy atom. The highest BCUT2D eigenvalue weighted by Gasteiger charge is 2.02. The van der Waals surface area contributed by atoms with Crippen molar-refractivity contribution in [3.05, 3.63) is 65.1 Å². The van der Waals surface area contributed by atoms with Gasteiger partial charge < -0.3 is 9.72 Å². The molecule has 3 nitrogen and oxygen atoms in total. The van der Waals surface area contributed by atoms with Gasteiger partial charge >= 0.3 is 0 Å².